The summed E-state index contributed by atoms with van der Waals surface area (Å²) in [5.74, 6) is -0.339. The standard InChI is InChI=1S/C9H20N2O3S/c1-4-11(7-5-6-10)9(12)8(2)15(3,13)14/h8H,4-7,10H2,1-3H3. The molecule has 0 heterocycles. The molecule has 15 heavy (non-hydrogen) atoms. The summed E-state index contributed by atoms with van der Waals surface area (Å²) in [6.07, 6.45) is 1.77. The molecule has 0 aromatic rings. The van der Waals surface area contributed by atoms with Gasteiger partial charge in [-0.1, -0.05) is 0 Å². The van der Waals surface area contributed by atoms with Crippen LogP contribution in [0.15, 0.2) is 0 Å². The molecule has 1 atom stereocenters. The van der Waals surface area contributed by atoms with E-state index in [1.54, 1.807) is 0 Å². The zero-order valence-corrected chi connectivity index (χ0v) is 10.4. The predicted molar refractivity (Wildman–Crippen MR) is 60.2 cm³/mol. The summed E-state index contributed by atoms with van der Waals surface area (Å²) in [4.78, 5) is 13.3. The van der Waals surface area contributed by atoms with Gasteiger partial charge in [-0.15, -0.1) is 0 Å². The Labute approximate surface area is 91.5 Å². The van der Waals surface area contributed by atoms with Gasteiger partial charge in [0.15, 0.2) is 9.84 Å². The van der Waals surface area contributed by atoms with E-state index in [-0.39, 0.29) is 5.91 Å². The van der Waals surface area contributed by atoms with Crippen molar-refractivity contribution < 1.29 is 13.2 Å². The summed E-state index contributed by atoms with van der Waals surface area (Å²) in [5, 5.41) is -0.963. The fraction of sp³-hybridized carbons (Fsp3) is 0.889. The van der Waals surface area contributed by atoms with Crippen LogP contribution in [0.4, 0.5) is 0 Å². The highest BCUT2D eigenvalue weighted by molar-refractivity contribution is 7.92. The first kappa shape index (κ1) is 14.4. The van der Waals surface area contributed by atoms with Gasteiger partial charge in [0.25, 0.3) is 0 Å². The Hall–Kier alpha value is -0.620. The highest BCUT2D eigenvalue weighted by Crippen LogP contribution is 2.04. The molecule has 0 aromatic carbocycles. The molecule has 2 N–H and O–H groups in total. The Morgan fingerprint density at radius 3 is 2.33 bits per heavy atom. The van der Waals surface area contributed by atoms with Crippen LogP contribution in [0.25, 0.3) is 0 Å². The second-order valence-corrected chi connectivity index (χ2v) is 5.90. The Bertz CT molecular complexity index is 300. The third-order valence-electron chi connectivity index (χ3n) is 2.32. The maximum Gasteiger partial charge on any atom is 0.240 e. The van der Waals surface area contributed by atoms with E-state index in [1.165, 1.54) is 11.8 Å². The van der Waals surface area contributed by atoms with Crippen molar-refractivity contribution >= 4 is 15.7 Å². The first-order valence-corrected chi connectivity index (χ1v) is 6.97. The zero-order chi connectivity index (χ0) is 12.1. The topological polar surface area (TPSA) is 80.5 Å². The van der Waals surface area contributed by atoms with Crippen LogP contribution in [0.2, 0.25) is 0 Å². The van der Waals surface area contributed by atoms with Crippen molar-refractivity contribution in [3.8, 4) is 0 Å². The summed E-state index contributed by atoms with van der Waals surface area (Å²) >= 11 is 0. The lowest BCUT2D eigenvalue weighted by Gasteiger charge is -2.23. The molecule has 0 aliphatic rings. The Kier molecular flexibility index (Phi) is 5.82. The van der Waals surface area contributed by atoms with Crippen molar-refractivity contribution in [3.63, 3.8) is 0 Å². The molecule has 90 valence electrons. The largest absolute Gasteiger partial charge is 0.342 e. The summed E-state index contributed by atoms with van der Waals surface area (Å²) in [6.45, 7) is 4.77. The molecule has 0 bridgehead atoms. The van der Waals surface area contributed by atoms with E-state index in [0.717, 1.165) is 6.26 Å². The molecule has 0 aromatic heterocycles. The summed E-state index contributed by atoms with van der Waals surface area (Å²) in [6, 6.07) is 0. The van der Waals surface area contributed by atoms with Crippen LogP contribution >= 0.6 is 0 Å². The minimum absolute atomic E-state index is 0.339. The number of carbonyl (C=O) groups excluding carboxylic acids is 1. The smallest absolute Gasteiger partial charge is 0.240 e. The number of nitrogens with two attached hydrogens (primary N) is 1. The molecule has 1 amide bonds. The lowest BCUT2D eigenvalue weighted by Crippen LogP contribution is -2.42. The van der Waals surface area contributed by atoms with Crippen LogP contribution in [0, 0.1) is 0 Å². The van der Waals surface area contributed by atoms with Crippen molar-refractivity contribution in [2.24, 2.45) is 5.73 Å². The predicted octanol–water partition coefficient (Wildman–Crippen LogP) is -0.383. The van der Waals surface area contributed by atoms with Gasteiger partial charge in [0, 0.05) is 19.3 Å². The molecule has 0 rings (SSSR count). The molecule has 0 spiro atoms. The summed E-state index contributed by atoms with van der Waals surface area (Å²) in [5.41, 5.74) is 5.34. The van der Waals surface area contributed by atoms with Crippen LogP contribution in [0.3, 0.4) is 0 Å². The van der Waals surface area contributed by atoms with E-state index in [1.807, 2.05) is 6.92 Å². The van der Waals surface area contributed by atoms with E-state index < -0.39 is 15.1 Å². The second-order valence-electron chi connectivity index (χ2n) is 3.53. The average Bonchev–Trinajstić information content (AvgIpc) is 2.16. The molecule has 0 radical (unpaired) electrons. The molecule has 0 saturated heterocycles. The van der Waals surface area contributed by atoms with Gasteiger partial charge < -0.3 is 10.6 Å². The van der Waals surface area contributed by atoms with E-state index in [2.05, 4.69) is 0 Å². The number of rotatable bonds is 6. The molecule has 6 heteroatoms. The van der Waals surface area contributed by atoms with E-state index in [0.29, 0.717) is 26.1 Å². The number of hydrogen-bond donors (Lipinski definition) is 1. The van der Waals surface area contributed by atoms with Gasteiger partial charge in [0.2, 0.25) is 5.91 Å². The van der Waals surface area contributed by atoms with Crippen LogP contribution in [0.5, 0.6) is 0 Å². The fourth-order valence-electron chi connectivity index (χ4n) is 1.15. The number of sulfone groups is 1. The van der Waals surface area contributed by atoms with Crippen LogP contribution in [-0.4, -0.2) is 50.4 Å². The Morgan fingerprint density at radius 1 is 1.47 bits per heavy atom. The first-order valence-electron chi connectivity index (χ1n) is 5.02. The Balaban J connectivity index is 4.52. The molecular formula is C9H20N2O3S. The number of carbonyl (C=O) groups is 1. The SMILES string of the molecule is CCN(CCCN)C(=O)C(C)S(C)(=O)=O. The minimum atomic E-state index is -3.30. The second kappa shape index (κ2) is 6.07. The number of amides is 1. The van der Waals surface area contributed by atoms with Crippen LogP contribution in [-0.2, 0) is 14.6 Å². The first-order chi connectivity index (χ1) is 6.84. The highest BCUT2D eigenvalue weighted by atomic mass is 32.2. The maximum atomic E-state index is 11.7. The van der Waals surface area contributed by atoms with Gasteiger partial charge in [-0.05, 0) is 26.8 Å². The molecule has 1 unspecified atom stereocenters. The van der Waals surface area contributed by atoms with E-state index in [4.69, 9.17) is 5.73 Å². The van der Waals surface area contributed by atoms with Gasteiger partial charge in [0.1, 0.15) is 5.25 Å². The molecular weight excluding hydrogens is 216 g/mol. The van der Waals surface area contributed by atoms with Crippen LogP contribution in [0.1, 0.15) is 20.3 Å². The van der Waals surface area contributed by atoms with Crippen molar-refractivity contribution in [2.75, 3.05) is 25.9 Å². The average molecular weight is 236 g/mol. The molecule has 0 aliphatic carbocycles. The van der Waals surface area contributed by atoms with Gasteiger partial charge in [-0.25, -0.2) is 8.42 Å². The number of nitrogens with zero attached hydrogens (tertiary/aromatic N) is 1. The fourth-order valence-corrected chi connectivity index (χ4v) is 1.66. The zero-order valence-electron chi connectivity index (χ0n) is 9.56. The summed E-state index contributed by atoms with van der Waals surface area (Å²) in [7, 11) is -3.30. The minimum Gasteiger partial charge on any atom is -0.342 e. The highest BCUT2D eigenvalue weighted by Gasteiger charge is 2.27. The van der Waals surface area contributed by atoms with Gasteiger partial charge >= 0.3 is 0 Å². The third kappa shape index (κ3) is 4.61. The normalized spacial score (nSPS) is 13.6. The Morgan fingerprint density at radius 2 is 2.00 bits per heavy atom. The number of hydrogen-bond acceptors (Lipinski definition) is 4. The van der Waals surface area contributed by atoms with Crippen molar-refractivity contribution in [1.82, 2.24) is 4.90 Å². The van der Waals surface area contributed by atoms with Gasteiger partial charge in [0.05, 0.1) is 0 Å². The van der Waals surface area contributed by atoms with E-state index >= 15 is 0 Å². The third-order valence-corrected chi connectivity index (χ3v) is 3.80. The molecule has 0 fully saturated rings. The maximum absolute atomic E-state index is 11.7. The van der Waals surface area contributed by atoms with E-state index in [9.17, 15) is 13.2 Å². The quantitative estimate of drug-likeness (QED) is 0.681. The van der Waals surface area contributed by atoms with Crippen LogP contribution < -0.4 is 5.73 Å². The van der Waals surface area contributed by atoms with Gasteiger partial charge in [-0.2, -0.15) is 0 Å². The molecule has 0 aliphatic heterocycles. The van der Waals surface area contributed by atoms with Crippen molar-refractivity contribution in [2.45, 2.75) is 25.5 Å². The van der Waals surface area contributed by atoms with Gasteiger partial charge in [-0.3, -0.25) is 4.79 Å². The lowest BCUT2D eigenvalue weighted by atomic mass is 10.3. The lowest BCUT2D eigenvalue weighted by molar-refractivity contribution is -0.130. The molecule has 0 saturated carbocycles. The van der Waals surface area contributed by atoms with Crippen molar-refractivity contribution in [3.05, 3.63) is 0 Å². The molecule has 5 nitrogen and oxygen atoms in total. The van der Waals surface area contributed by atoms with Crippen molar-refractivity contribution in [1.29, 1.82) is 0 Å². The monoisotopic (exact) mass is 236 g/mol. The summed E-state index contributed by atoms with van der Waals surface area (Å²) < 4.78 is 22.4.